The van der Waals surface area contributed by atoms with Crippen molar-refractivity contribution in [2.75, 3.05) is 13.7 Å². The number of nitrogens with zero attached hydrogens (tertiary/aromatic N) is 3. The zero-order chi connectivity index (χ0) is 30.8. The normalized spacial score (nSPS) is 14.8. The molecule has 0 saturated carbocycles. The monoisotopic (exact) mass is 603 g/mol. The van der Waals surface area contributed by atoms with Crippen LogP contribution in [0.2, 0.25) is 0 Å². The minimum atomic E-state index is -0.776. The molecule has 0 N–H and O–H groups in total. The van der Waals surface area contributed by atoms with Crippen LogP contribution in [0, 0.1) is 10.1 Å². The fourth-order valence-corrected chi connectivity index (χ4v) is 5.82. The lowest BCUT2D eigenvalue weighted by Crippen LogP contribution is -2.40. The van der Waals surface area contributed by atoms with Gasteiger partial charge in [-0.25, -0.2) is 9.79 Å². The van der Waals surface area contributed by atoms with Crippen LogP contribution in [-0.4, -0.2) is 35.3 Å². The first-order chi connectivity index (χ1) is 20.6. The molecule has 222 valence electrons. The predicted molar refractivity (Wildman–Crippen MR) is 160 cm³/mol. The second-order valence-corrected chi connectivity index (χ2v) is 10.9. The molecule has 1 aliphatic rings. The second kappa shape index (κ2) is 12.1. The summed E-state index contributed by atoms with van der Waals surface area (Å²) in [6.07, 6.45) is 1.22. The Labute approximate surface area is 250 Å². The molecule has 3 heterocycles. The van der Waals surface area contributed by atoms with Crippen molar-refractivity contribution in [3.8, 4) is 22.8 Å². The van der Waals surface area contributed by atoms with Crippen LogP contribution in [0.1, 0.15) is 45.1 Å². The van der Waals surface area contributed by atoms with E-state index in [0.29, 0.717) is 55.8 Å². The Kier molecular flexibility index (Phi) is 8.31. The maximum atomic E-state index is 13.9. The van der Waals surface area contributed by atoms with E-state index >= 15 is 0 Å². The van der Waals surface area contributed by atoms with Crippen LogP contribution in [-0.2, 0) is 9.53 Å². The number of hydrogen-bond acceptors (Lipinski definition) is 10. The van der Waals surface area contributed by atoms with E-state index in [0.717, 1.165) is 11.3 Å². The fraction of sp³-hybridized carbons (Fsp3) is 0.258. The number of rotatable bonds is 9. The molecular weight excluding hydrogens is 574 g/mol. The molecule has 0 unspecified atom stereocenters. The number of non-ortho nitro benzene ring substituents is 1. The Hall–Kier alpha value is -4.97. The van der Waals surface area contributed by atoms with Gasteiger partial charge in [-0.1, -0.05) is 23.5 Å². The van der Waals surface area contributed by atoms with Gasteiger partial charge in [-0.3, -0.25) is 19.5 Å². The van der Waals surface area contributed by atoms with Gasteiger partial charge in [0.1, 0.15) is 23.0 Å². The summed E-state index contributed by atoms with van der Waals surface area (Å²) in [6.45, 7) is 7.63. The van der Waals surface area contributed by atoms with Crippen molar-refractivity contribution < 1.29 is 28.3 Å². The van der Waals surface area contributed by atoms with Crippen molar-refractivity contribution in [1.29, 1.82) is 0 Å². The zero-order valence-corrected chi connectivity index (χ0v) is 25.0. The number of nitro benzene ring substituents is 1. The minimum absolute atomic E-state index is 0.112. The molecule has 0 fully saturated rings. The molecule has 0 spiro atoms. The molecule has 43 heavy (non-hydrogen) atoms. The highest BCUT2D eigenvalue weighted by molar-refractivity contribution is 7.07. The van der Waals surface area contributed by atoms with E-state index in [2.05, 4.69) is 4.99 Å². The van der Waals surface area contributed by atoms with E-state index in [1.54, 1.807) is 51.1 Å². The summed E-state index contributed by atoms with van der Waals surface area (Å²) >= 11 is 1.16. The molecule has 0 bridgehead atoms. The minimum Gasteiger partial charge on any atom is -0.496 e. The maximum Gasteiger partial charge on any atom is 0.338 e. The van der Waals surface area contributed by atoms with Crippen LogP contribution < -0.4 is 24.4 Å². The summed E-state index contributed by atoms with van der Waals surface area (Å²) in [4.78, 5) is 43.1. The van der Waals surface area contributed by atoms with Gasteiger partial charge in [0, 0.05) is 18.2 Å². The Balaban J connectivity index is 1.61. The van der Waals surface area contributed by atoms with E-state index in [1.165, 1.54) is 29.9 Å². The standard InChI is InChI=1S/C31H29N3O8S/c1-6-40-21-10-7-19(8-11-21)28-27(30(36)41-17(2)3)18(4)32-31-33(28)29(35)26(43-31)16-22-12-14-25(42-22)23-15-20(34(37)38)9-13-24(23)39-5/h7-17,28H,6H2,1-5H3/b26-16+/t28-/m1/s1. The van der Waals surface area contributed by atoms with Gasteiger partial charge in [-0.15, -0.1) is 0 Å². The molecule has 1 atom stereocenters. The topological polar surface area (TPSA) is 135 Å². The Morgan fingerprint density at radius 1 is 1.19 bits per heavy atom. The average Bonchev–Trinajstić information content (AvgIpc) is 3.56. The number of allylic oxidation sites excluding steroid dienone is 1. The summed E-state index contributed by atoms with van der Waals surface area (Å²) in [7, 11) is 1.46. The Morgan fingerprint density at radius 3 is 2.58 bits per heavy atom. The van der Waals surface area contributed by atoms with E-state index in [4.69, 9.17) is 18.6 Å². The third-order valence-corrected chi connectivity index (χ3v) is 7.63. The number of methoxy groups -OCH3 is 1. The van der Waals surface area contributed by atoms with Gasteiger partial charge in [0.05, 0.1) is 52.2 Å². The molecule has 4 aromatic rings. The number of benzene rings is 2. The van der Waals surface area contributed by atoms with Crippen molar-refractivity contribution in [2.45, 2.75) is 39.8 Å². The first-order valence-electron chi connectivity index (χ1n) is 13.5. The van der Waals surface area contributed by atoms with Gasteiger partial charge in [0.15, 0.2) is 4.80 Å². The van der Waals surface area contributed by atoms with Gasteiger partial charge in [0.25, 0.3) is 11.2 Å². The smallest absolute Gasteiger partial charge is 0.338 e. The number of thiazole rings is 1. The molecule has 11 nitrogen and oxygen atoms in total. The lowest BCUT2D eigenvalue weighted by atomic mass is 9.96. The second-order valence-electron chi connectivity index (χ2n) is 9.88. The number of ether oxygens (including phenoxy) is 3. The van der Waals surface area contributed by atoms with Crippen LogP contribution >= 0.6 is 11.3 Å². The number of hydrogen-bond donors (Lipinski definition) is 0. The number of aromatic nitrogens is 1. The third-order valence-electron chi connectivity index (χ3n) is 6.65. The average molecular weight is 604 g/mol. The summed E-state index contributed by atoms with van der Waals surface area (Å²) < 4.78 is 24.3. The van der Waals surface area contributed by atoms with E-state index in [-0.39, 0.29) is 22.9 Å². The van der Waals surface area contributed by atoms with Crippen molar-refractivity contribution in [1.82, 2.24) is 4.57 Å². The molecule has 5 rings (SSSR count). The van der Waals surface area contributed by atoms with Gasteiger partial charge in [-0.2, -0.15) is 0 Å². The molecule has 12 heteroatoms. The molecule has 2 aromatic carbocycles. The molecular formula is C31H29N3O8S. The molecule has 0 radical (unpaired) electrons. The summed E-state index contributed by atoms with van der Waals surface area (Å²) in [6, 6.07) is 14.0. The van der Waals surface area contributed by atoms with Crippen LogP contribution in [0.3, 0.4) is 0 Å². The molecule has 0 saturated heterocycles. The number of esters is 1. The summed E-state index contributed by atoms with van der Waals surface area (Å²) in [5, 5.41) is 11.3. The third kappa shape index (κ3) is 5.86. The Morgan fingerprint density at radius 2 is 1.93 bits per heavy atom. The predicted octanol–water partition coefficient (Wildman–Crippen LogP) is 4.76. The first-order valence-corrected chi connectivity index (χ1v) is 14.3. The SMILES string of the molecule is CCOc1ccc([C@@H]2C(C(=O)OC(C)C)=C(C)N=c3s/c(=C/c4ccc(-c5cc([N+](=O)[O-])ccc5OC)o4)c(=O)n32)cc1. The van der Waals surface area contributed by atoms with Crippen LogP contribution in [0.15, 0.2) is 80.1 Å². The molecule has 2 aromatic heterocycles. The quantitative estimate of drug-likeness (QED) is 0.152. The number of carbonyl (C=O) groups is 1. The highest BCUT2D eigenvalue weighted by Gasteiger charge is 2.34. The van der Waals surface area contributed by atoms with Crippen LogP contribution in [0.5, 0.6) is 11.5 Å². The maximum absolute atomic E-state index is 13.9. The lowest BCUT2D eigenvalue weighted by molar-refractivity contribution is -0.384. The Bertz CT molecular complexity index is 1910. The van der Waals surface area contributed by atoms with E-state index < -0.39 is 16.9 Å². The highest BCUT2D eigenvalue weighted by atomic mass is 32.1. The van der Waals surface area contributed by atoms with Gasteiger partial charge >= 0.3 is 5.97 Å². The number of carbonyl (C=O) groups excluding carboxylic acids is 1. The van der Waals surface area contributed by atoms with Crippen LogP contribution in [0.25, 0.3) is 17.4 Å². The van der Waals surface area contributed by atoms with Crippen molar-refractivity contribution in [3.63, 3.8) is 0 Å². The van der Waals surface area contributed by atoms with E-state index in [9.17, 15) is 19.7 Å². The largest absolute Gasteiger partial charge is 0.496 e. The molecule has 0 amide bonds. The molecule has 1 aliphatic heterocycles. The zero-order valence-electron chi connectivity index (χ0n) is 24.2. The van der Waals surface area contributed by atoms with Crippen molar-refractivity contribution >= 4 is 29.1 Å². The summed E-state index contributed by atoms with van der Waals surface area (Å²) in [5.74, 6) is 1.20. The van der Waals surface area contributed by atoms with Crippen molar-refractivity contribution in [3.05, 3.63) is 107 Å². The molecule has 0 aliphatic carbocycles. The summed E-state index contributed by atoms with van der Waals surface area (Å²) in [5.41, 5.74) is 1.34. The van der Waals surface area contributed by atoms with Gasteiger partial charge < -0.3 is 18.6 Å². The fourth-order valence-electron chi connectivity index (χ4n) is 4.80. The number of furan rings is 1. The highest BCUT2D eigenvalue weighted by Crippen LogP contribution is 2.35. The van der Waals surface area contributed by atoms with Gasteiger partial charge in [0.2, 0.25) is 0 Å². The van der Waals surface area contributed by atoms with Crippen molar-refractivity contribution in [2.24, 2.45) is 4.99 Å². The van der Waals surface area contributed by atoms with Gasteiger partial charge in [-0.05, 0) is 63.6 Å². The number of nitro groups is 1. The first kappa shape index (κ1) is 29.5. The van der Waals surface area contributed by atoms with Crippen LogP contribution in [0.4, 0.5) is 5.69 Å². The van der Waals surface area contributed by atoms with E-state index in [1.807, 2.05) is 19.1 Å². The number of fused-ring (bicyclic) bond motifs is 1. The lowest BCUT2D eigenvalue weighted by Gasteiger charge is -2.25.